The number of aliphatic hydroxyl groups excluding tert-OH is 1. The van der Waals surface area contributed by atoms with Crippen molar-refractivity contribution in [2.75, 3.05) is 56.2 Å². The molecule has 0 unspecified atom stereocenters. The maximum Gasteiger partial charge on any atom is 0.251 e. The average Bonchev–Trinajstić information content (AvgIpc) is 3.02. The third-order valence-electron chi connectivity index (χ3n) is 8.67. The molecule has 2 aromatic carbocycles. The van der Waals surface area contributed by atoms with Crippen LogP contribution in [0.25, 0.3) is 11.4 Å². The minimum atomic E-state index is -1.47. The van der Waals surface area contributed by atoms with Crippen molar-refractivity contribution >= 4 is 23.2 Å². The molecule has 45 heavy (non-hydrogen) atoms. The lowest BCUT2D eigenvalue weighted by atomic mass is 9.98. The Balaban J connectivity index is 1.08. The topological polar surface area (TPSA) is 140 Å². The number of likely N-dealkylation sites (tertiary alicyclic amines) is 1. The van der Waals surface area contributed by atoms with E-state index in [4.69, 9.17) is 9.47 Å². The maximum absolute atomic E-state index is 15.0. The van der Waals surface area contributed by atoms with Crippen molar-refractivity contribution in [2.45, 2.75) is 50.7 Å². The van der Waals surface area contributed by atoms with Crippen LogP contribution in [0.4, 0.5) is 21.7 Å². The second-order valence-corrected chi connectivity index (χ2v) is 11.8. The predicted octanol–water partition coefficient (Wildman–Crippen LogP) is 2.76. The van der Waals surface area contributed by atoms with Crippen LogP contribution < -0.4 is 15.0 Å². The van der Waals surface area contributed by atoms with E-state index in [0.717, 1.165) is 45.1 Å². The maximum atomic E-state index is 15.0. The number of nitrogens with zero attached hydrogens (tertiary/aromatic N) is 7. The highest BCUT2D eigenvalue weighted by molar-refractivity contribution is 5.80. The second kappa shape index (κ2) is 13.3. The fraction of sp³-hybridized carbons (Fsp3) is 0.469. The minimum Gasteiger partial charge on any atom is -0.486 e. The number of alkyl halides is 1. The molecule has 12 nitrogen and oxygen atoms in total. The van der Waals surface area contributed by atoms with Gasteiger partial charge in [-0.15, -0.1) is 0 Å². The summed E-state index contributed by atoms with van der Waals surface area (Å²) >= 11 is 0. The van der Waals surface area contributed by atoms with Gasteiger partial charge in [0.2, 0.25) is 5.95 Å². The van der Waals surface area contributed by atoms with E-state index in [9.17, 15) is 15.2 Å². The van der Waals surface area contributed by atoms with Gasteiger partial charge in [-0.05, 0) is 56.3 Å². The predicted molar refractivity (Wildman–Crippen MR) is 165 cm³/mol. The van der Waals surface area contributed by atoms with Crippen molar-refractivity contribution in [3.8, 4) is 23.2 Å². The first-order chi connectivity index (χ1) is 21.8. The number of carbonyl (C=O) groups is 1. The number of nitriles is 1. The van der Waals surface area contributed by atoms with Crippen LogP contribution in [0.2, 0.25) is 0 Å². The first kappa shape index (κ1) is 30.6. The first-order valence-electron chi connectivity index (χ1n) is 15.3. The summed E-state index contributed by atoms with van der Waals surface area (Å²) in [6, 6.07) is 15.4. The van der Waals surface area contributed by atoms with E-state index >= 15 is 4.39 Å². The number of ether oxygens (including phenoxy) is 2. The number of aromatic nitrogens is 3. The Labute approximate surface area is 261 Å². The fourth-order valence-corrected chi connectivity index (χ4v) is 5.95. The zero-order valence-corrected chi connectivity index (χ0v) is 25.3. The zero-order valence-electron chi connectivity index (χ0n) is 25.3. The van der Waals surface area contributed by atoms with Gasteiger partial charge in [0.05, 0.1) is 31.4 Å². The van der Waals surface area contributed by atoms with Gasteiger partial charge in [0, 0.05) is 55.6 Å². The van der Waals surface area contributed by atoms with Crippen molar-refractivity contribution < 1.29 is 23.8 Å². The molecule has 13 heteroatoms. The number of halogens is 1. The van der Waals surface area contributed by atoms with Crippen molar-refractivity contribution in [3.63, 3.8) is 0 Å². The third-order valence-corrected chi connectivity index (χ3v) is 8.67. The summed E-state index contributed by atoms with van der Waals surface area (Å²) in [5.74, 6) is 0.445. The van der Waals surface area contributed by atoms with Crippen molar-refractivity contribution in [2.24, 2.45) is 0 Å². The van der Waals surface area contributed by atoms with E-state index in [0.29, 0.717) is 23.4 Å². The Morgan fingerprint density at radius 2 is 1.91 bits per heavy atom. The highest BCUT2D eigenvalue weighted by atomic mass is 19.1. The van der Waals surface area contributed by atoms with Gasteiger partial charge in [0.15, 0.2) is 12.0 Å². The molecular formula is C32H37FN8O4. The van der Waals surface area contributed by atoms with Crippen LogP contribution in [0.5, 0.6) is 5.75 Å². The molecule has 6 rings (SSSR count). The molecular weight excluding hydrogens is 579 g/mol. The fourth-order valence-electron chi connectivity index (χ4n) is 5.95. The Morgan fingerprint density at radius 3 is 2.58 bits per heavy atom. The minimum absolute atomic E-state index is 0.188. The molecule has 1 aromatic heterocycles. The number of benzene rings is 2. The molecule has 0 saturated carbocycles. The van der Waals surface area contributed by atoms with E-state index in [1.807, 2.05) is 12.1 Å². The third kappa shape index (κ3) is 6.83. The van der Waals surface area contributed by atoms with E-state index in [1.165, 1.54) is 23.8 Å². The molecule has 3 fully saturated rings. The lowest BCUT2D eigenvalue weighted by Crippen LogP contribution is -2.56. The summed E-state index contributed by atoms with van der Waals surface area (Å²) in [5, 5.41) is 22.7. The van der Waals surface area contributed by atoms with E-state index in [2.05, 4.69) is 48.3 Å². The quantitative estimate of drug-likeness (QED) is 0.386. The van der Waals surface area contributed by atoms with Gasteiger partial charge >= 0.3 is 0 Å². The van der Waals surface area contributed by atoms with Gasteiger partial charge in [0.1, 0.15) is 30.4 Å². The number of piperidine rings is 1. The number of nitrogens with one attached hydrogen (secondary N) is 1. The lowest BCUT2D eigenvalue weighted by Gasteiger charge is -2.43. The molecule has 1 amide bonds. The molecule has 3 aliphatic rings. The number of hydrogen-bond donors (Lipinski definition) is 2. The van der Waals surface area contributed by atoms with Gasteiger partial charge in [-0.25, -0.2) is 14.4 Å². The number of rotatable bonds is 8. The molecule has 3 aromatic rings. The van der Waals surface area contributed by atoms with E-state index < -0.39 is 24.3 Å². The standard InChI is InChI=1S/C32H37FN8O4/c1-20-13-29(27(33)16-41(20)31(43)21(2)42)45-28-8-3-22(14-23(28)15-34)30-35-19-36-32(38-30)37-24-4-6-25(7-5-24)39-9-11-40(12-10-39)26-17-44-18-26/h3-8,14,19-21,26-27,29,42H,9-13,16-18H2,1-2H3,(H,35,36,37,38)/t20-,21+,27-,29-/m0/s1. The summed E-state index contributed by atoms with van der Waals surface area (Å²) in [6.07, 6.45) is -1.89. The molecule has 4 atom stereocenters. The molecule has 3 saturated heterocycles. The number of piperazine rings is 1. The Hall–Kier alpha value is -4.38. The summed E-state index contributed by atoms with van der Waals surface area (Å²) < 4.78 is 26.3. The summed E-state index contributed by atoms with van der Waals surface area (Å²) in [7, 11) is 0. The summed E-state index contributed by atoms with van der Waals surface area (Å²) in [4.78, 5) is 31.5. The van der Waals surface area contributed by atoms with Gasteiger partial charge in [-0.2, -0.15) is 10.2 Å². The van der Waals surface area contributed by atoms with Crippen molar-refractivity contribution in [3.05, 3.63) is 54.4 Å². The van der Waals surface area contributed by atoms with Gasteiger partial charge in [-0.1, -0.05) is 0 Å². The molecule has 0 radical (unpaired) electrons. The molecule has 2 N–H and O–H groups in total. The highest BCUT2D eigenvalue weighted by Gasteiger charge is 2.38. The largest absolute Gasteiger partial charge is 0.486 e. The Bertz CT molecular complexity index is 1540. The molecule has 236 valence electrons. The monoisotopic (exact) mass is 616 g/mol. The summed E-state index contributed by atoms with van der Waals surface area (Å²) in [5.41, 5.74) is 2.79. The van der Waals surface area contributed by atoms with Crippen LogP contribution in [0.3, 0.4) is 0 Å². The molecule has 3 aliphatic heterocycles. The molecule has 0 bridgehead atoms. The number of carbonyl (C=O) groups excluding carboxylic acids is 1. The van der Waals surface area contributed by atoms with Crippen LogP contribution in [-0.4, -0.2) is 112 Å². The number of aliphatic hydroxyl groups is 1. The SMILES string of the molecule is C[C@@H](O)C(=O)N1C[C@H](F)[C@@H](Oc2ccc(-c3ncnc(Nc4ccc(N5CCN(C6COC6)CC5)cc4)n3)cc2C#N)C[C@@H]1C. The van der Waals surface area contributed by atoms with Crippen LogP contribution in [0.1, 0.15) is 25.8 Å². The Kier molecular flexibility index (Phi) is 9.07. The highest BCUT2D eigenvalue weighted by Crippen LogP contribution is 2.30. The summed E-state index contributed by atoms with van der Waals surface area (Å²) in [6.45, 7) is 8.67. The number of amides is 1. The van der Waals surface area contributed by atoms with Crippen LogP contribution in [-0.2, 0) is 9.53 Å². The van der Waals surface area contributed by atoms with Crippen molar-refractivity contribution in [1.82, 2.24) is 24.8 Å². The van der Waals surface area contributed by atoms with Gasteiger partial charge in [0.25, 0.3) is 5.91 Å². The van der Waals surface area contributed by atoms with E-state index in [-0.39, 0.29) is 30.3 Å². The first-order valence-corrected chi connectivity index (χ1v) is 15.3. The molecule has 0 spiro atoms. The van der Waals surface area contributed by atoms with Crippen LogP contribution >= 0.6 is 0 Å². The second-order valence-electron chi connectivity index (χ2n) is 11.8. The van der Waals surface area contributed by atoms with Gasteiger partial charge < -0.3 is 29.7 Å². The zero-order chi connectivity index (χ0) is 31.5. The van der Waals surface area contributed by atoms with Crippen LogP contribution in [0.15, 0.2) is 48.8 Å². The van der Waals surface area contributed by atoms with Crippen LogP contribution in [0, 0.1) is 11.3 Å². The smallest absolute Gasteiger partial charge is 0.251 e. The molecule has 0 aliphatic carbocycles. The lowest BCUT2D eigenvalue weighted by molar-refractivity contribution is -0.146. The normalized spacial score (nSPS) is 23.1. The Morgan fingerprint density at radius 1 is 1.16 bits per heavy atom. The number of anilines is 3. The van der Waals surface area contributed by atoms with E-state index in [1.54, 1.807) is 25.1 Å². The van der Waals surface area contributed by atoms with Gasteiger partial charge in [-0.3, -0.25) is 9.69 Å². The molecule has 4 heterocycles. The van der Waals surface area contributed by atoms with Crippen molar-refractivity contribution in [1.29, 1.82) is 5.26 Å². The average molecular weight is 617 g/mol. The number of hydrogen-bond acceptors (Lipinski definition) is 11.